The van der Waals surface area contributed by atoms with E-state index in [1.165, 1.54) is 18.9 Å². The zero-order valence-corrected chi connectivity index (χ0v) is 11.9. The second-order valence-electron chi connectivity index (χ2n) is 5.22. The van der Waals surface area contributed by atoms with Gasteiger partial charge < -0.3 is 19.8 Å². The van der Waals surface area contributed by atoms with Gasteiger partial charge in [0.1, 0.15) is 11.3 Å². The number of rotatable bonds is 3. The van der Waals surface area contributed by atoms with Crippen LogP contribution in [0.2, 0.25) is 0 Å². The molecule has 1 unspecified atom stereocenters. The van der Waals surface area contributed by atoms with Crippen molar-refractivity contribution in [2.24, 2.45) is 5.73 Å². The van der Waals surface area contributed by atoms with Crippen LogP contribution in [0.5, 0.6) is 0 Å². The van der Waals surface area contributed by atoms with Gasteiger partial charge in [0.25, 0.3) is 0 Å². The Hall–Kier alpha value is -2.27. The van der Waals surface area contributed by atoms with Crippen molar-refractivity contribution in [3.8, 4) is 0 Å². The van der Waals surface area contributed by atoms with Crippen LogP contribution in [-0.4, -0.2) is 25.7 Å². The van der Waals surface area contributed by atoms with Crippen LogP contribution in [0.25, 0.3) is 0 Å². The number of esters is 1. The van der Waals surface area contributed by atoms with E-state index in [0.29, 0.717) is 17.9 Å². The summed E-state index contributed by atoms with van der Waals surface area (Å²) in [6, 6.07) is 9.90. The maximum absolute atomic E-state index is 11.7. The molecule has 5 nitrogen and oxygen atoms in total. The number of carbonyl (C=O) groups is 1. The second kappa shape index (κ2) is 5.61. The quantitative estimate of drug-likeness (QED) is 0.873. The molecule has 0 radical (unpaired) electrons. The minimum Gasteiger partial charge on any atom is -0.467 e. The minimum atomic E-state index is -0.381. The van der Waals surface area contributed by atoms with Crippen LogP contribution in [0.1, 0.15) is 21.7 Å². The molecule has 1 aromatic heterocycles. The van der Waals surface area contributed by atoms with E-state index in [9.17, 15) is 4.79 Å². The van der Waals surface area contributed by atoms with Crippen LogP contribution < -0.4 is 10.6 Å². The lowest BCUT2D eigenvalue weighted by atomic mass is 9.98. The van der Waals surface area contributed by atoms with Gasteiger partial charge in [-0.15, -0.1) is 0 Å². The number of nitrogens with zero attached hydrogens (tertiary/aromatic N) is 1. The fourth-order valence-corrected chi connectivity index (χ4v) is 2.80. The van der Waals surface area contributed by atoms with E-state index < -0.39 is 0 Å². The van der Waals surface area contributed by atoms with E-state index in [2.05, 4.69) is 17.0 Å². The number of hydrogen-bond donors (Lipinski definition) is 1. The maximum Gasteiger partial charge on any atom is 0.341 e. The summed E-state index contributed by atoms with van der Waals surface area (Å²) in [5, 5.41) is 0. The van der Waals surface area contributed by atoms with Crippen molar-refractivity contribution in [3.63, 3.8) is 0 Å². The van der Waals surface area contributed by atoms with E-state index in [1.54, 1.807) is 6.07 Å². The Labute approximate surface area is 123 Å². The SMILES string of the molecule is COC(=O)c1ccoc1CN1CC(N)Cc2ccccc21. The zero-order valence-electron chi connectivity index (χ0n) is 11.9. The molecule has 0 fully saturated rings. The Morgan fingerprint density at radius 2 is 2.24 bits per heavy atom. The predicted octanol–water partition coefficient (Wildman–Crippen LogP) is 1.96. The largest absolute Gasteiger partial charge is 0.467 e. The average molecular weight is 286 g/mol. The Balaban J connectivity index is 1.89. The predicted molar refractivity (Wildman–Crippen MR) is 79.2 cm³/mol. The van der Waals surface area contributed by atoms with Crippen LogP contribution in [0.15, 0.2) is 41.0 Å². The molecule has 0 spiro atoms. The highest BCUT2D eigenvalue weighted by molar-refractivity contribution is 5.90. The van der Waals surface area contributed by atoms with E-state index in [-0.39, 0.29) is 12.0 Å². The minimum absolute atomic E-state index is 0.0800. The number of furan rings is 1. The molecular formula is C16H18N2O3. The van der Waals surface area contributed by atoms with E-state index >= 15 is 0 Å². The molecule has 0 saturated carbocycles. The molecule has 2 aromatic rings. The molecule has 2 heterocycles. The van der Waals surface area contributed by atoms with Gasteiger partial charge in [-0.2, -0.15) is 0 Å². The molecule has 0 amide bonds. The fourth-order valence-electron chi connectivity index (χ4n) is 2.80. The molecule has 0 saturated heterocycles. The standard InChI is InChI=1S/C16H18N2O3/c1-20-16(19)13-6-7-21-15(13)10-18-9-12(17)8-11-4-2-3-5-14(11)18/h2-7,12H,8-10,17H2,1H3. The van der Waals surface area contributed by atoms with Gasteiger partial charge in [0, 0.05) is 18.3 Å². The highest BCUT2D eigenvalue weighted by Gasteiger charge is 2.24. The molecule has 110 valence electrons. The summed E-state index contributed by atoms with van der Waals surface area (Å²) < 4.78 is 10.2. The van der Waals surface area contributed by atoms with Crippen molar-refractivity contribution in [2.45, 2.75) is 19.0 Å². The summed E-state index contributed by atoms with van der Waals surface area (Å²) in [6.07, 6.45) is 2.38. The van der Waals surface area contributed by atoms with Crippen molar-refractivity contribution >= 4 is 11.7 Å². The van der Waals surface area contributed by atoms with Crippen molar-refractivity contribution in [1.82, 2.24) is 0 Å². The molecule has 21 heavy (non-hydrogen) atoms. The number of nitrogens with two attached hydrogens (primary N) is 1. The third-order valence-corrected chi connectivity index (χ3v) is 3.75. The van der Waals surface area contributed by atoms with Crippen LogP contribution in [0.4, 0.5) is 5.69 Å². The lowest BCUT2D eigenvalue weighted by Gasteiger charge is -2.34. The molecule has 3 rings (SSSR count). The number of hydrogen-bond acceptors (Lipinski definition) is 5. The Morgan fingerprint density at radius 1 is 1.43 bits per heavy atom. The van der Waals surface area contributed by atoms with Gasteiger partial charge in [0.2, 0.25) is 0 Å². The third kappa shape index (κ3) is 2.64. The first kappa shape index (κ1) is 13.7. The molecule has 1 aromatic carbocycles. The highest BCUT2D eigenvalue weighted by atomic mass is 16.5. The van der Waals surface area contributed by atoms with Crippen LogP contribution >= 0.6 is 0 Å². The Morgan fingerprint density at radius 3 is 3.05 bits per heavy atom. The topological polar surface area (TPSA) is 68.7 Å². The number of benzene rings is 1. The maximum atomic E-state index is 11.7. The smallest absolute Gasteiger partial charge is 0.341 e. The number of ether oxygens (including phenoxy) is 1. The van der Waals surface area contributed by atoms with Crippen molar-refractivity contribution in [3.05, 3.63) is 53.5 Å². The second-order valence-corrected chi connectivity index (χ2v) is 5.22. The monoisotopic (exact) mass is 286 g/mol. The lowest BCUT2D eigenvalue weighted by Crippen LogP contribution is -2.43. The van der Waals surface area contributed by atoms with Gasteiger partial charge in [-0.25, -0.2) is 4.79 Å². The zero-order chi connectivity index (χ0) is 14.8. The van der Waals surface area contributed by atoms with Crippen LogP contribution in [0, 0.1) is 0 Å². The van der Waals surface area contributed by atoms with E-state index in [1.807, 2.05) is 12.1 Å². The molecule has 5 heteroatoms. The summed E-state index contributed by atoms with van der Waals surface area (Å²) in [4.78, 5) is 13.9. The summed E-state index contributed by atoms with van der Waals surface area (Å²) >= 11 is 0. The van der Waals surface area contributed by atoms with Crippen molar-refractivity contribution in [1.29, 1.82) is 0 Å². The van der Waals surface area contributed by atoms with Crippen molar-refractivity contribution < 1.29 is 13.9 Å². The Kier molecular flexibility index (Phi) is 3.66. The normalized spacial score (nSPS) is 17.4. The first-order valence-electron chi connectivity index (χ1n) is 6.92. The molecule has 0 aliphatic carbocycles. The summed E-state index contributed by atoms with van der Waals surface area (Å²) in [5.41, 5.74) is 8.97. The fraction of sp³-hybridized carbons (Fsp3) is 0.312. The van der Waals surface area contributed by atoms with Gasteiger partial charge in [-0.05, 0) is 24.1 Å². The number of para-hydroxylation sites is 1. The third-order valence-electron chi connectivity index (χ3n) is 3.75. The van der Waals surface area contributed by atoms with Crippen molar-refractivity contribution in [2.75, 3.05) is 18.6 Å². The molecule has 2 N–H and O–H groups in total. The molecule has 1 aliphatic rings. The van der Waals surface area contributed by atoms with Gasteiger partial charge in [-0.1, -0.05) is 18.2 Å². The van der Waals surface area contributed by atoms with Gasteiger partial charge in [0.15, 0.2) is 0 Å². The number of carbonyl (C=O) groups excluding carboxylic acids is 1. The van der Waals surface area contributed by atoms with Gasteiger partial charge in [-0.3, -0.25) is 0 Å². The first-order chi connectivity index (χ1) is 10.2. The lowest BCUT2D eigenvalue weighted by molar-refractivity contribution is 0.0598. The number of anilines is 1. The van der Waals surface area contributed by atoms with Crippen LogP contribution in [-0.2, 0) is 17.7 Å². The summed E-state index contributed by atoms with van der Waals surface area (Å²) in [7, 11) is 1.37. The Bertz CT molecular complexity index is 650. The molecule has 0 bridgehead atoms. The molecular weight excluding hydrogens is 268 g/mol. The van der Waals surface area contributed by atoms with E-state index in [4.69, 9.17) is 14.9 Å². The van der Waals surface area contributed by atoms with Gasteiger partial charge in [0.05, 0.1) is 19.9 Å². The van der Waals surface area contributed by atoms with Gasteiger partial charge >= 0.3 is 5.97 Å². The molecule has 1 atom stereocenters. The molecule has 1 aliphatic heterocycles. The first-order valence-corrected chi connectivity index (χ1v) is 6.92. The number of fused-ring (bicyclic) bond motifs is 1. The summed E-state index contributed by atoms with van der Waals surface area (Å²) in [6.45, 7) is 1.24. The highest BCUT2D eigenvalue weighted by Crippen LogP contribution is 2.28. The van der Waals surface area contributed by atoms with Crippen LogP contribution in [0.3, 0.4) is 0 Å². The van der Waals surface area contributed by atoms with E-state index in [0.717, 1.165) is 18.7 Å². The average Bonchev–Trinajstić information content (AvgIpc) is 2.94. The summed E-state index contributed by atoms with van der Waals surface area (Å²) in [5.74, 6) is 0.221. The number of methoxy groups -OCH3 is 1.